The van der Waals surface area contributed by atoms with Crippen molar-refractivity contribution < 1.29 is 14.3 Å². The van der Waals surface area contributed by atoms with Gasteiger partial charge in [-0.3, -0.25) is 9.59 Å². The molecule has 1 heterocycles. The zero-order valence-electron chi connectivity index (χ0n) is 9.50. The predicted molar refractivity (Wildman–Crippen MR) is 63.7 cm³/mol. The summed E-state index contributed by atoms with van der Waals surface area (Å²) in [7, 11) is 0. The van der Waals surface area contributed by atoms with Gasteiger partial charge in [-0.05, 0) is 5.56 Å². The largest absolute Gasteiger partial charge is 0.481 e. The van der Waals surface area contributed by atoms with Crippen molar-refractivity contribution in [1.29, 1.82) is 0 Å². The molecule has 0 atom stereocenters. The molecule has 1 aromatic carbocycles. The van der Waals surface area contributed by atoms with E-state index in [4.69, 9.17) is 4.74 Å². The van der Waals surface area contributed by atoms with Gasteiger partial charge in [0.05, 0.1) is 0 Å². The molecule has 0 aromatic heterocycles. The fourth-order valence-corrected chi connectivity index (χ4v) is 1.46. The molecule has 18 heavy (non-hydrogen) atoms. The van der Waals surface area contributed by atoms with Crippen molar-refractivity contribution in [3.8, 4) is 0 Å². The van der Waals surface area contributed by atoms with Crippen LogP contribution in [0, 0.1) is 0 Å². The zero-order chi connectivity index (χ0) is 12.8. The smallest absolute Gasteiger partial charge is 0.225 e. The lowest BCUT2D eigenvalue weighted by Crippen LogP contribution is -2.26. The number of ether oxygens (including phenoxy) is 1. The van der Waals surface area contributed by atoms with Crippen LogP contribution in [-0.4, -0.2) is 12.2 Å². The Morgan fingerprint density at radius 2 is 2.06 bits per heavy atom. The predicted octanol–water partition coefficient (Wildman–Crippen LogP) is 0.819. The Hall–Kier alpha value is -2.56. The van der Waals surface area contributed by atoms with Crippen LogP contribution in [0.5, 0.6) is 0 Å². The summed E-state index contributed by atoms with van der Waals surface area (Å²) in [5.74, 6) is -0.132. The lowest BCUT2D eigenvalue weighted by atomic mass is 10.2. The number of benzene rings is 1. The first kappa shape index (κ1) is 11.9. The van der Waals surface area contributed by atoms with E-state index in [9.17, 15) is 9.59 Å². The number of ketones is 1. The first-order valence-electron chi connectivity index (χ1n) is 5.34. The lowest BCUT2D eigenvalue weighted by Gasteiger charge is -2.14. The van der Waals surface area contributed by atoms with E-state index in [0.717, 1.165) is 5.56 Å². The Labute approximate surface area is 104 Å². The normalized spacial score (nSPS) is 14.1. The van der Waals surface area contributed by atoms with E-state index in [1.165, 1.54) is 12.3 Å². The summed E-state index contributed by atoms with van der Waals surface area (Å²) in [4.78, 5) is 22.0. The van der Waals surface area contributed by atoms with Crippen LogP contribution in [0.2, 0.25) is 0 Å². The Balaban J connectivity index is 2.09. The van der Waals surface area contributed by atoms with Crippen molar-refractivity contribution in [1.82, 2.24) is 10.6 Å². The highest BCUT2D eigenvalue weighted by molar-refractivity contribution is 6.03. The Morgan fingerprint density at radius 1 is 1.28 bits per heavy atom. The molecular weight excluding hydrogens is 232 g/mol. The maximum absolute atomic E-state index is 11.6. The number of nitrogens with zero attached hydrogens (tertiary/aromatic N) is 1. The van der Waals surface area contributed by atoms with Crippen LogP contribution in [0.25, 0.3) is 0 Å². The summed E-state index contributed by atoms with van der Waals surface area (Å²) >= 11 is 0. The number of nitrogens with one attached hydrogen (secondary N) is 1. The first-order valence-corrected chi connectivity index (χ1v) is 5.34. The number of rotatable bonds is 5. The minimum Gasteiger partial charge on any atom is -0.481 e. The summed E-state index contributed by atoms with van der Waals surface area (Å²) in [5, 5.41) is 6.21. The molecule has 0 saturated carbocycles. The zero-order valence-corrected chi connectivity index (χ0v) is 9.50. The third kappa shape index (κ3) is 2.76. The molecule has 1 aliphatic heterocycles. The van der Waals surface area contributed by atoms with Gasteiger partial charge in [0.25, 0.3) is 0 Å². The molecule has 0 aliphatic carbocycles. The fraction of sp³-hybridized carbons (Fsp3) is 0.0769. The van der Waals surface area contributed by atoms with Gasteiger partial charge in [0.2, 0.25) is 18.0 Å². The monoisotopic (exact) mass is 243 g/mol. The van der Waals surface area contributed by atoms with Gasteiger partial charge in [-0.15, -0.1) is 0 Å². The molecule has 5 heteroatoms. The molecule has 1 radical (unpaired) electrons. The van der Waals surface area contributed by atoms with Crippen molar-refractivity contribution in [2.45, 2.75) is 6.61 Å². The molecule has 91 valence electrons. The van der Waals surface area contributed by atoms with E-state index < -0.39 is 0 Å². The highest BCUT2D eigenvalue weighted by atomic mass is 16.5. The topological polar surface area (TPSA) is 69.5 Å². The summed E-state index contributed by atoms with van der Waals surface area (Å²) in [6.07, 6.45) is 3.07. The maximum atomic E-state index is 11.6. The Morgan fingerprint density at radius 3 is 2.78 bits per heavy atom. The second-order valence-corrected chi connectivity index (χ2v) is 3.52. The quantitative estimate of drug-likeness (QED) is 0.778. The van der Waals surface area contributed by atoms with Crippen LogP contribution in [0.15, 0.2) is 54.2 Å². The van der Waals surface area contributed by atoms with E-state index in [0.29, 0.717) is 6.41 Å². The van der Waals surface area contributed by atoms with E-state index in [1.54, 1.807) is 0 Å². The lowest BCUT2D eigenvalue weighted by molar-refractivity contribution is -0.115. The highest BCUT2D eigenvalue weighted by Crippen LogP contribution is 2.12. The average molecular weight is 243 g/mol. The number of carbonyl (C=O) groups is 2. The van der Waals surface area contributed by atoms with Crippen LogP contribution < -0.4 is 10.6 Å². The van der Waals surface area contributed by atoms with E-state index in [-0.39, 0.29) is 24.0 Å². The van der Waals surface area contributed by atoms with Gasteiger partial charge in [-0.1, -0.05) is 30.3 Å². The number of allylic oxidation sites excluding steroid dienone is 1. The van der Waals surface area contributed by atoms with E-state index in [2.05, 4.69) is 10.6 Å². The second-order valence-electron chi connectivity index (χ2n) is 3.52. The van der Waals surface area contributed by atoms with Crippen LogP contribution in [-0.2, 0) is 20.9 Å². The Kier molecular flexibility index (Phi) is 3.76. The van der Waals surface area contributed by atoms with Crippen LogP contribution >= 0.6 is 0 Å². The third-order valence-electron chi connectivity index (χ3n) is 2.29. The molecule has 5 nitrogen and oxygen atoms in total. The first-order chi connectivity index (χ1) is 8.81. The van der Waals surface area contributed by atoms with Crippen LogP contribution in [0.1, 0.15) is 5.56 Å². The molecule has 0 unspecified atom stereocenters. The molecule has 1 amide bonds. The van der Waals surface area contributed by atoms with Crippen molar-refractivity contribution in [2.75, 3.05) is 0 Å². The molecule has 1 N–H and O–H groups in total. The van der Waals surface area contributed by atoms with E-state index in [1.807, 2.05) is 30.3 Å². The summed E-state index contributed by atoms with van der Waals surface area (Å²) in [6, 6.07) is 9.42. The minimum absolute atomic E-state index is 0.0495. The molecule has 0 spiro atoms. The van der Waals surface area contributed by atoms with Gasteiger partial charge in [-0.2, -0.15) is 0 Å². The average Bonchev–Trinajstić information content (AvgIpc) is 2.40. The van der Waals surface area contributed by atoms with Crippen molar-refractivity contribution in [3.63, 3.8) is 0 Å². The molecule has 0 bridgehead atoms. The van der Waals surface area contributed by atoms with Gasteiger partial charge in [0.15, 0.2) is 5.82 Å². The van der Waals surface area contributed by atoms with Crippen molar-refractivity contribution in [3.05, 3.63) is 59.8 Å². The fourth-order valence-electron chi connectivity index (χ4n) is 1.46. The third-order valence-corrected chi connectivity index (χ3v) is 2.29. The second kappa shape index (κ2) is 5.67. The van der Waals surface area contributed by atoms with Crippen molar-refractivity contribution in [2.24, 2.45) is 0 Å². The number of hydrogen-bond donors (Lipinski definition) is 1. The maximum Gasteiger partial charge on any atom is 0.225 e. The van der Waals surface area contributed by atoms with Gasteiger partial charge in [0, 0.05) is 12.3 Å². The number of carbonyl (C=O) groups excluding carboxylic acids is 2. The minimum atomic E-state index is -0.315. The summed E-state index contributed by atoms with van der Waals surface area (Å²) in [6.45, 7) is 0.245. The summed E-state index contributed by atoms with van der Waals surface area (Å²) in [5.41, 5.74) is 0.929. The molecule has 2 rings (SSSR count). The number of hydrogen-bond acceptors (Lipinski definition) is 3. The highest BCUT2D eigenvalue weighted by Gasteiger charge is 2.19. The van der Waals surface area contributed by atoms with Gasteiger partial charge < -0.3 is 10.1 Å². The molecular formula is C13H11N2O3. The van der Waals surface area contributed by atoms with Gasteiger partial charge >= 0.3 is 0 Å². The van der Waals surface area contributed by atoms with Gasteiger partial charge in [-0.25, -0.2) is 5.32 Å². The SMILES string of the molecule is O=CNC1=C(OCc2ccccc2)C(=O)C=C[N]1. The number of amides is 1. The molecule has 0 saturated heterocycles. The van der Waals surface area contributed by atoms with E-state index >= 15 is 0 Å². The molecule has 0 fully saturated rings. The van der Waals surface area contributed by atoms with Crippen LogP contribution in [0.3, 0.4) is 0 Å². The Bertz CT molecular complexity index is 502. The molecule has 1 aromatic rings. The molecule has 1 aliphatic rings. The van der Waals surface area contributed by atoms with Crippen molar-refractivity contribution >= 4 is 12.2 Å². The standard InChI is InChI=1S/C13H11N2O3/c16-9-15-13-12(11(17)6-7-14-13)18-8-10-4-2-1-3-5-10/h1-7,9H,8H2,(H,15,16). The van der Waals surface area contributed by atoms with Crippen LogP contribution in [0.4, 0.5) is 0 Å². The summed E-state index contributed by atoms with van der Waals surface area (Å²) < 4.78 is 5.41. The van der Waals surface area contributed by atoms with Gasteiger partial charge in [0.1, 0.15) is 6.61 Å².